The number of ketones is 1. The van der Waals surface area contributed by atoms with Gasteiger partial charge in [0.2, 0.25) is 0 Å². The number of hydrogen-bond acceptors (Lipinski definition) is 6. The molecule has 1 aliphatic heterocycles. The standard InChI is InChI=1S/C20H25N5O3/c1-12-15(13(2)23-22-12)18(26)16-17(14-7-5-8-21-11-14)25(20(28)19(16)27)10-6-9-24(3)4/h5,7-8,11,17,26H,6,9-10H2,1-4H3,(H,22,23)/b18-16+. The van der Waals surface area contributed by atoms with Crippen molar-refractivity contribution in [1.29, 1.82) is 0 Å². The number of aromatic nitrogens is 3. The number of rotatable bonds is 6. The van der Waals surface area contributed by atoms with Crippen LogP contribution in [0.25, 0.3) is 5.76 Å². The van der Waals surface area contributed by atoms with Crippen LogP contribution in [0.3, 0.4) is 0 Å². The van der Waals surface area contributed by atoms with Gasteiger partial charge in [-0.05, 0) is 52.5 Å². The number of H-pyrrole nitrogens is 1. The summed E-state index contributed by atoms with van der Waals surface area (Å²) in [5.41, 5.74) is 2.43. The molecule has 2 aromatic heterocycles. The zero-order valence-corrected chi connectivity index (χ0v) is 16.6. The monoisotopic (exact) mass is 383 g/mol. The molecule has 1 fully saturated rings. The average molecular weight is 383 g/mol. The van der Waals surface area contributed by atoms with Crippen LogP contribution in [0.4, 0.5) is 0 Å². The third kappa shape index (κ3) is 3.55. The van der Waals surface area contributed by atoms with Gasteiger partial charge in [-0.15, -0.1) is 0 Å². The van der Waals surface area contributed by atoms with Gasteiger partial charge in [-0.1, -0.05) is 6.07 Å². The summed E-state index contributed by atoms with van der Waals surface area (Å²) in [6.07, 6.45) is 3.96. The smallest absolute Gasteiger partial charge is 0.295 e. The molecule has 2 aromatic rings. The third-order valence-electron chi connectivity index (χ3n) is 4.91. The SMILES string of the molecule is Cc1n[nH]c(C)c1/C(O)=C1\C(=O)C(=O)N(CCCN(C)C)C1c1cccnc1. The highest BCUT2D eigenvalue weighted by atomic mass is 16.3. The number of hydrogen-bond donors (Lipinski definition) is 2. The van der Waals surface area contributed by atoms with E-state index < -0.39 is 17.7 Å². The molecule has 0 aromatic carbocycles. The number of amides is 1. The fourth-order valence-electron chi connectivity index (χ4n) is 3.59. The summed E-state index contributed by atoms with van der Waals surface area (Å²) in [5.74, 6) is -1.49. The summed E-state index contributed by atoms with van der Waals surface area (Å²) in [5, 5.41) is 17.9. The Morgan fingerprint density at radius 3 is 2.64 bits per heavy atom. The predicted octanol–water partition coefficient (Wildman–Crippen LogP) is 1.79. The van der Waals surface area contributed by atoms with Crippen LogP contribution >= 0.6 is 0 Å². The second kappa shape index (κ2) is 7.93. The van der Waals surface area contributed by atoms with E-state index in [2.05, 4.69) is 15.2 Å². The van der Waals surface area contributed by atoms with Crippen LogP contribution in [0.15, 0.2) is 30.1 Å². The van der Waals surface area contributed by atoms with Gasteiger partial charge in [0.25, 0.3) is 11.7 Å². The highest BCUT2D eigenvalue weighted by Crippen LogP contribution is 2.39. The van der Waals surface area contributed by atoms with Crippen molar-refractivity contribution in [2.24, 2.45) is 0 Å². The van der Waals surface area contributed by atoms with E-state index in [0.29, 0.717) is 35.5 Å². The van der Waals surface area contributed by atoms with Crippen molar-refractivity contribution in [3.05, 3.63) is 52.6 Å². The first-order valence-corrected chi connectivity index (χ1v) is 9.18. The zero-order valence-electron chi connectivity index (χ0n) is 16.6. The highest BCUT2D eigenvalue weighted by molar-refractivity contribution is 6.46. The zero-order chi connectivity index (χ0) is 20.4. The molecule has 3 heterocycles. The highest BCUT2D eigenvalue weighted by Gasteiger charge is 2.46. The maximum atomic E-state index is 12.9. The molecule has 1 saturated heterocycles. The molecule has 1 unspecified atom stereocenters. The largest absolute Gasteiger partial charge is 0.507 e. The number of nitrogens with one attached hydrogen (secondary N) is 1. The first-order valence-electron chi connectivity index (χ1n) is 9.18. The second-order valence-electron chi connectivity index (χ2n) is 7.24. The number of pyridine rings is 1. The minimum atomic E-state index is -0.684. The van der Waals surface area contributed by atoms with E-state index in [0.717, 1.165) is 6.54 Å². The number of aliphatic hydroxyl groups excluding tert-OH is 1. The molecule has 1 aliphatic rings. The Morgan fingerprint density at radius 2 is 2.07 bits per heavy atom. The van der Waals surface area contributed by atoms with Gasteiger partial charge in [-0.25, -0.2) is 0 Å². The lowest BCUT2D eigenvalue weighted by Gasteiger charge is -2.25. The summed E-state index contributed by atoms with van der Waals surface area (Å²) in [6, 6.07) is 2.89. The second-order valence-corrected chi connectivity index (χ2v) is 7.24. The van der Waals surface area contributed by atoms with Crippen LogP contribution in [0, 0.1) is 13.8 Å². The van der Waals surface area contributed by atoms with Crippen molar-refractivity contribution < 1.29 is 14.7 Å². The molecular weight excluding hydrogens is 358 g/mol. The number of aromatic amines is 1. The molecule has 1 amide bonds. The normalized spacial score (nSPS) is 19.0. The maximum Gasteiger partial charge on any atom is 0.295 e. The molecule has 0 aliphatic carbocycles. The summed E-state index contributed by atoms with van der Waals surface area (Å²) in [4.78, 5) is 33.4. The van der Waals surface area contributed by atoms with Crippen LogP contribution in [0.1, 0.15) is 35.0 Å². The minimum absolute atomic E-state index is 0.0791. The van der Waals surface area contributed by atoms with Crippen molar-refractivity contribution in [3.8, 4) is 0 Å². The lowest BCUT2D eigenvalue weighted by atomic mass is 9.95. The van der Waals surface area contributed by atoms with Crippen molar-refractivity contribution in [2.45, 2.75) is 26.3 Å². The van der Waals surface area contributed by atoms with Crippen LogP contribution < -0.4 is 0 Å². The van der Waals surface area contributed by atoms with E-state index in [4.69, 9.17) is 0 Å². The van der Waals surface area contributed by atoms with Crippen LogP contribution in [0.5, 0.6) is 0 Å². The van der Waals surface area contributed by atoms with Crippen molar-refractivity contribution in [3.63, 3.8) is 0 Å². The molecule has 148 valence electrons. The van der Waals surface area contributed by atoms with Crippen molar-refractivity contribution in [1.82, 2.24) is 25.0 Å². The lowest BCUT2D eigenvalue weighted by molar-refractivity contribution is -0.139. The molecule has 2 N–H and O–H groups in total. The number of nitrogens with zero attached hydrogens (tertiary/aromatic N) is 4. The summed E-state index contributed by atoms with van der Waals surface area (Å²) in [7, 11) is 3.91. The molecule has 0 radical (unpaired) electrons. The molecule has 0 bridgehead atoms. The van der Waals surface area contributed by atoms with E-state index >= 15 is 0 Å². The Morgan fingerprint density at radius 1 is 1.32 bits per heavy atom. The van der Waals surface area contributed by atoms with Gasteiger partial charge in [-0.2, -0.15) is 5.10 Å². The van der Waals surface area contributed by atoms with Gasteiger partial charge in [0.15, 0.2) is 0 Å². The molecule has 28 heavy (non-hydrogen) atoms. The lowest BCUT2D eigenvalue weighted by Crippen LogP contribution is -2.32. The first kappa shape index (κ1) is 19.8. The average Bonchev–Trinajstić information content (AvgIpc) is 3.12. The Kier molecular flexibility index (Phi) is 5.60. The van der Waals surface area contributed by atoms with E-state index in [1.54, 1.807) is 32.3 Å². The topological polar surface area (TPSA) is 102 Å². The number of likely N-dealkylation sites (tertiary alicyclic amines) is 1. The maximum absolute atomic E-state index is 12.9. The Hall–Kier alpha value is -3.00. The van der Waals surface area contributed by atoms with Gasteiger partial charge in [-0.3, -0.25) is 19.7 Å². The third-order valence-corrected chi connectivity index (χ3v) is 4.91. The van der Waals surface area contributed by atoms with E-state index in [1.807, 2.05) is 25.1 Å². The first-order chi connectivity index (χ1) is 13.3. The van der Waals surface area contributed by atoms with Gasteiger partial charge in [0, 0.05) is 24.6 Å². The fourth-order valence-corrected chi connectivity index (χ4v) is 3.59. The number of carbonyl (C=O) groups is 2. The molecule has 1 atom stereocenters. The van der Waals surface area contributed by atoms with Crippen molar-refractivity contribution >= 4 is 17.4 Å². The predicted molar refractivity (Wildman–Crippen MR) is 104 cm³/mol. The van der Waals surface area contributed by atoms with Crippen LogP contribution in [0.2, 0.25) is 0 Å². The van der Waals surface area contributed by atoms with Crippen LogP contribution in [-0.2, 0) is 9.59 Å². The van der Waals surface area contributed by atoms with E-state index in [-0.39, 0.29) is 11.3 Å². The van der Waals surface area contributed by atoms with Crippen molar-refractivity contribution in [2.75, 3.05) is 27.2 Å². The summed E-state index contributed by atoms with van der Waals surface area (Å²) in [6.45, 7) is 4.69. The number of aryl methyl sites for hydroxylation is 2. The summed E-state index contributed by atoms with van der Waals surface area (Å²) < 4.78 is 0. The van der Waals surface area contributed by atoms with E-state index in [9.17, 15) is 14.7 Å². The molecular formula is C20H25N5O3. The number of aliphatic hydroxyl groups is 1. The molecule has 0 spiro atoms. The number of Topliss-reactive ketones (excluding diaryl/α,β-unsaturated/α-hetero) is 1. The molecule has 0 saturated carbocycles. The van der Waals surface area contributed by atoms with Gasteiger partial charge in [0.1, 0.15) is 5.76 Å². The molecule has 3 rings (SSSR count). The van der Waals surface area contributed by atoms with E-state index in [1.165, 1.54) is 4.90 Å². The van der Waals surface area contributed by atoms with Gasteiger partial charge in [0.05, 0.1) is 22.9 Å². The Bertz CT molecular complexity index is 898. The van der Waals surface area contributed by atoms with Crippen LogP contribution in [-0.4, -0.2) is 69.0 Å². The Labute approximate surface area is 163 Å². The quantitative estimate of drug-likeness (QED) is 0.448. The fraction of sp³-hybridized carbons (Fsp3) is 0.400. The molecule has 8 nitrogen and oxygen atoms in total. The van der Waals surface area contributed by atoms with Gasteiger partial charge >= 0.3 is 0 Å². The number of carbonyl (C=O) groups excluding carboxylic acids is 2. The molecule has 8 heteroatoms. The Balaban J connectivity index is 2.10. The van der Waals surface area contributed by atoms with Gasteiger partial charge < -0.3 is 14.9 Å². The minimum Gasteiger partial charge on any atom is -0.507 e. The summed E-state index contributed by atoms with van der Waals surface area (Å²) >= 11 is 0.